The van der Waals surface area contributed by atoms with Gasteiger partial charge in [0, 0.05) is 16.0 Å². The Hall–Kier alpha value is 0.1000. The lowest BCUT2D eigenvalue weighted by atomic mass is 10.3. The summed E-state index contributed by atoms with van der Waals surface area (Å²) in [7, 11) is 0. The summed E-state index contributed by atoms with van der Waals surface area (Å²) < 4.78 is 6.56. The van der Waals surface area contributed by atoms with Gasteiger partial charge in [-0.2, -0.15) is 11.8 Å². The number of rotatable bonds is 7. The first kappa shape index (κ1) is 15.2. The lowest BCUT2D eigenvalue weighted by Gasteiger charge is -2.11. The highest BCUT2D eigenvalue weighted by Crippen LogP contribution is 2.28. The molecule has 5 heteroatoms. The maximum atomic E-state index is 5.85. The average Bonchev–Trinajstić information content (AvgIpc) is 2.27. The molecule has 0 heterocycles. The summed E-state index contributed by atoms with van der Waals surface area (Å²) in [6.07, 6.45) is 1.05. The van der Waals surface area contributed by atoms with E-state index in [9.17, 15) is 0 Å². The number of hydrogen-bond donors (Lipinski definition) is 1. The fraction of sp³-hybridized carbons (Fsp3) is 0.500. The Morgan fingerprint density at radius 3 is 2.94 bits per heavy atom. The molecule has 0 saturated heterocycles. The molecule has 1 unspecified atom stereocenters. The summed E-state index contributed by atoms with van der Waals surface area (Å²) in [5.41, 5.74) is 5.50. The zero-order chi connectivity index (χ0) is 12.7. The second-order valence-electron chi connectivity index (χ2n) is 3.68. The van der Waals surface area contributed by atoms with Crippen LogP contribution in [0.2, 0.25) is 5.02 Å². The first-order chi connectivity index (χ1) is 8.13. The molecule has 0 spiro atoms. The van der Waals surface area contributed by atoms with Gasteiger partial charge in [0.1, 0.15) is 5.75 Å². The molecule has 0 fully saturated rings. The van der Waals surface area contributed by atoms with Crippen molar-refractivity contribution in [3.05, 3.63) is 27.7 Å². The monoisotopic (exact) mass is 337 g/mol. The standard InChI is InChI=1S/C12H17BrClNOS/c1-9(4-5-15)17-7-6-16-12-3-2-10(14)8-11(12)13/h2-3,8-9H,4-7,15H2,1H3. The van der Waals surface area contributed by atoms with Gasteiger partial charge in [0.05, 0.1) is 11.1 Å². The number of benzene rings is 1. The first-order valence-corrected chi connectivity index (χ1v) is 7.75. The molecule has 0 aromatic heterocycles. The summed E-state index contributed by atoms with van der Waals surface area (Å²) in [4.78, 5) is 0. The van der Waals surface area contributed by atoms with Crippen molar-refractivity contribution < 1.29 is 4.74 Å². The van der Waals surface area contributed by atoms with Crippen molar-refractivity contribution in [3.8, 4) is 5.75 Å². The van der Waals surface area contributed by atoms with E-state index in [0.29, 0.717) is 16.9 Å². The molecular weight excluding hydrogens is 322 g/mol. The van der Waals surface area contributed by atoms with E-state index in [0.717, 1.165) is 28.9 Å². The van der Waals surface area contributed by atoms with Crippen molar-refractivity contribution >= 4 is 39.3 Å². The molecule has 2 nitrogen and oxygen atoms in total. The Kier molecular flexibility index (Phi) is 7.35. The number of nitrogens with two attached hydrogens (primary N) is 1. The third-order valence-electron chi connectivity index (χ3n) is 2.21. The zero-order valence-electron chi connectivity index (χ0n) is 9.79. The third kappa shape index (κ3) is 6.00. The topological polar surface area (TPSA) is 35.2 Å². The predicted molar refractivity (Wildman–Crippen MR) is 80.2 cm³/mol. The predicted octanol–water partition coefficient (Wildman–Crippen LogP) is 3.95. The quantitative estimate of drug-likeness (QED) is 0.765. The van der Waals surface area contributed by atoms with Gasteiger partial charge in [-0.1, -0.05) is 18.5 Å². The minimum atomic E-state index is 0.595. The largest absolute Gasteiger partial charge is 0.492 e. The number of halogens is 2. The van der Waals surface area contributed by atoms with Gasteiger partial charge >= 0.3 is 0 Å². The normalized spacial score (nSPS) is 12.5. The molecule has 0 radical (unpaired) electrons. The van der Waals surface area contributed by atoms with Crippen LogP contribution in [0.1, 0.15) is 13.3 Å². The second kappa shape index (κ2) is 8.25. The van der Waals surface area contributed by atoms with Gasteiger partial charge in [0.2, 0.25) is 0 Å². The van der Waals surface area contributed by atoms with E-state index in [4.69, 9.17) is 22.1 Å². The highest BCUT2D eigenvalue weighted by Gasteiger charge is 2.03. The maximum absolute atomic E-state index is 5.85. The van der Waals surface area contributed by atoms with Crippen LogP contribution in [-0.4, -0.2) is 24.2 Å². The molecule has 1 aromatic carbocycles. The van der Waals surface area contributed by atoms with Crippen molar-refractivity contribution in [2.45, 2.75) is 18.6 Å². The van der Waals surface area contributed by atoms with Crippen molar-refractivity contribution in [2.75, 3.05) is 18.9 Å². The van der Waals surface area contributed by atoms with Crippen LogP contribution in [0, 0.1) is 0 Å². The average molecular weight is 339 g/mol. The highest BCUT2D eigenvalue weighted by molar-refractivity contribution is 9.10. The summed E-state index contributed by atoms with van der Waals surface area (Å²) in [6, 6.07) is 5.54. The molecule has 1 aromatic rings. The molecule has 0 amide bonds. The lowest BCUT2D eigenvalue weighted by molar-refractivity contribution is 0.341. The Balaban J connectivity index is 2.26. The smallest absolute Gasteiger partial charge is 0.133 e. The minimum Gasteiger partial charge on any atom is -0.492 e. The van der Waals surface area contributed by atoms with Crippen LogP contribution >= 0.6 is 39.3 Å². The minimum absolute atomic E-state index is 0.595. The molecule has 0 aliphatic heterocycles. The Morgan fingerprint density at radius 1 is 1.53 bits per heavy atom. The van der Waals surface area contributed by atoms with Gasteiger partial charge in [-0.3, -0.25) is 0 Å². The van der Waals surface area contributed by atoms with Crippen molar-refractivity contribution in [3.63, 3.8) is 0 Å². The second-order valence-corrected chi connectivity index (χ2v) is 6.52. The summed E-state index contributed by atoms with van der Waals surface area (Å²) in [5, 5.41) is 1.30. The molecule has 0 aliphatic carbocycles. The maximum Gasteiger partial charge on any atom is 0.133 e. The Morgan fingerprint density at radius 2 is 2.29 bits per heavy atom. The Labute approximate surface area is 120 Å². The van der Waals surface area contributed by atoms with Crippen LogP contribution in [0.4, 0.5) is 0 Å². The zero-order valence-corrected chi connectivity index (χ0v) is 12.9. The summed E-state index contributed by atoms with van der Waals surface area (Å²) in [6.45, 7) is 3.63. The molecule has 96 valence electrons. The van der Waals surface area contributed by atoms with Crippen LogP contribution in [0.25, 0.3) is 0 Å². The molecule has 17 heavy (non-hydrogen) atoms. The van der Waals surface area contributed by atoms with Crippen LogP contribution in [0.5, 0.6) is 5.75 Å². The van der Waals surface area contributed by atoms with Crippen LogP contribution < -0.4 is 10.5 Å². The van der Waals surface area contributed by atoms with Crippen molar-refractivity contribution in [1.82, 2.24) is 0 Å². The first-order valence-electron chi connectivity index (χ1n) is 5.53. The molecule has 2 N–H and O–H groups in total. The van der Waals surface area contributed by atoms with Gasteiger partial charge in [-0.05, 0) is 47.1 Å². The van der Waals surface area contributed by atoms with Gasteiger partial charge in [-0.25, -0.2) is 0 Å². The third-order valence-corrected chi connectivity index (χ3v) is 4.27. The summed E-state index contributed by atoms with van der Waals surface area (Å²) in [5.74, 6) is 1.80. The molecule has 0 bridgehead atoms. The molecule has 1 rings (SSSR count). The number of hydrogen-bond acceptors (Lipinski definition) is 3. The van der Waals surface area contributed by atoms with Gasteiger partial charge < -0.3 is 10.5 Å². The molecule has 1 atom stereocenters. The van der Waals surface area contributed by atoms with E-state index in [1.165, 1.54) is 0 Å². The molecule has 0 saturated carbocycles. The van der Waals surface area contributed by atoms with Crippen LogP contribution in [0.3, 0.4) is 0 Å². The molecule has 0 aliphatic rings. The van der Waals surface area contributed by atoms with Gasteiger partial charge in [0.25, 0.3) is 0 Å². The van der Waals surface area contributed by atoms with E-state index in [1.54, 1.807) is 0 Å². The van der Waals surface area contributed by atoms with Crippen molar-refractivity contribution in [1.29, 1.82) is 0 Å². The van der Waals surface area contributed by atoms with E-state index < -0.39 is 0 Å². The van der Waals surface area contributed by atoms with Crippen LogP contribution in [0.15, 0.2) is 22.7 Å². The summed E-state index contributed by atoms with van der Waals surface area (Å²) >= 11 is 11.2. The SMILES string of the molecule is CC(CCN)SCCOc1ccc(Cl)cc1Br. The Bertz CT molecular complexity index is 351. The fourth-order valence-electron chi connectivity index (χ4n) is 1.31. The highest BCUT2D eigenvalue weighted by atomic mass is 79.9. The number of ether oxygens (including phenoxy) is 1. The van der Waals surface area contributed by atoms with Crippen molar-refractivity contribution in [2.24, 2.45) is 5.73 Å². The van der Waals surface area contributed by atoms with E-state index in [1.807, 2.05) is 30.0 Å². The fourth-order valence-corrected chi connectivity index (χ4v) is 2.99. The molecular formula is C12H17BrClNOS. The van der Waals surface area contributed by atoms with E-state index in [2.05, 4.69) is 22.9 Å². The number of thioether (sulfide) groups is 1. The van der Waals surface area contributed by atoms with E-state index >= 15 is 0 Å². The lowest BCUT2D eigenvalue weighted by Crippen LogP contribution is -2.09. The van der Waals surface area contributed by atoms with E-state index in [-0.39, 0.29) is 0 Å². The van der Waals surface area contributed by atoms with Gasteiger partial charge in [-0.15, -0.1) is 0 Å². The van der Waals surface area contributed by atoms with Gasteiger partial charge in [0.15, 0.2) is 0 Å². The van der Waals surface area contributed by atoms with Crippen LogP contribution in [-0.2, 0) is 0 Å².